The Morgan fingerprint density at radius 1 is 0.921 bits per heavy atom. The number of aromatic nitrogens is 2. The maximum Gasteiger partial charge on any atom is 0.416 e. The quantitative estimate of drug-likeness (QED) is 0.270. The van der Waals surface area contributed by atoms with Gasteiger partial charge in [0.1, 0.15) is 11.9 Å². The van der Waals surface area contributed by atoms with E-state index in [9.17, 15) is 22.8 Å². The van der Waals surface area contributed by atoms with Crippen LogP contribution in [-0.4, -0.2) is 27.8 Å². The van der Waals surface area contributed by atoms with E-state index in [1.807, 2.05) is 36.4 Å². The van der Waals surface area contributed by atoms with Gasteiger partial charge in [-0.25, -0.2) is 4.98 Å². The van der Waals surface area contributed by atoms with Crippen molar-refractivity contribution in [3.63, 3.8) is 0 Å². The number of carbonyl (C=O) groups is 2. The monoisotopic (exact) mass is 520 g/mol. The highest BCUT2D eigenvalue weighted by atomic mass is 19.4. The van der Waals surface area contributed by atoms with E-state index in [-0.39, 0.29) is 17.7 Å². The fourth-order valence-corrected chi connectivity index (χ4v) is 4.72. The summed E-state index contributed by atoms with van der Waals surface area (Å²) >= 11 is 0. The van der Waals surface area contributed by atoms with E-state index in [1.165, 1.54) is 6.07 Å². The number of anilines is 1. The lowest BCUT2D eigenvalue weighted by Gasteiger charge is -2.17. The Balaban J connectivity index is 1.23. The summed E-state index contributed by atoms with van der Waals surface area (Å²) in [7, 11) is 0. The van der Waals surface area contributed by atoms with Gasteiger partial charge in [-0.2, -0.15) is 13.2 Å². The molecule has 3 N–H and O–H groups in total. The van der Waals surface area contributed by atoms with Crippen LogP contribution in [0.2, 0.25) is 0 Å². The van der Waals surface area contributed by atoms with Crippen molar-refractivity contribution >= 4 is 28.5 Å². The van der Waals surface area contributed by atoms with E-state index < -0.39 is 17.8 Å². The van der Waals surface area contributed by atoms with Crippen molar-refractivity contribution in [2.75, 3.05) is 5.32 Å². The smallest absolute Gasteiger partial charge is 0.344 e. The first kappa shape index (κ1) is 25.5. The lowest BCUT2D eigenvalue weighted by atomic mass is 10.0. The van der Waals surface area contributed by atoms with Crippen LogP contribution in [0, 0.1) is 5.92 Å². The second kappa shape index (κ2) is 10.3. The third-order valence-corrected chi connectivity index (χ3v) is 6.93. The molecule has 1 aromatic heterocycles. The molecule has 196 valence electrons. The van der Waals surface area contributed by atoms with Crippen molar-refractivity contribution in [1.82, 2.24) is 15.3 Å². The molecule has 1 aliphatic carbocycles. The summed E-state index contributed by atoms with van der Waals surface area (Å²) in [5.41, 5.74) is 3.29. The van der Waals surface area contributed by atoms with Gasteiger partial charge in [0.25, 0.3) is 0 Å². The molecular formula is C29H27F3N4O2. The summed E-state index contributed by atoms with van der Waals surface area (Å²) in [5.74, 6) is 0.155. The third-order valence-electron chi connectivity index (χ3n) is 6.93. The largest absolute Gasteiger partial charge is 0.416 e. The highest BCUT2D eigenvalue weighted by Crippen LogP contribution is 2.32. The fourth-order valence-electron chi connectivity index (χ4n) is 4.72. The van der Waals surface area contributed by atoms with Gasteiger partial charge in [-0.05, 0) is 61.2 Å². The number of nitrogens with zero attached hydrogens (tertiary/aromatic N) is 1. The summed E-state index contributed by atoms with van der Waals surface area (Å²) in [5, 5.41) is 5.64. The molecule has 0 aliphatic heterocycles. The number of H-pyrrole nitrogens is 1. The van der Waals surface area contributed by atoms with E-state index in [0.29, 0.717) is 22.5 Å². The third kappa shape index (κ3) is 5.56. The van der Waals surface area contributed by atoms with Gasteiger partial charge in [-0.15, -0.1) is 0 Å². The van der Waals surface area contributed by atoms with Crippen molar-refractivity contribution in [2.45, 2.75) is 44.8 Å². The van der Waals surface area contributed by atoms with Gasteiger partial charge in [0.2, 0.25) is 11.8 Å². The van der Waals surface area contributed by atoms with Crippen molar-refractivity contribution in [3.05, 3.63) is 72.3 Å². The highest BCUT2D eigenvalue weighted by molar-refractivity contribution is 5.97. The number of hydrogen-bond acceptors (Lipinski definition) is 3. The second-order valence-electron chi connectivity index (χ2n) is 9.67. The molecule has 1 aliphatic rings. The molecule has 0 radical (unpaired) electrons. The average Bonchev–Trinajstić information content (AvgIpc) is 3.59. The molecular weight excluding hydrogens is 493 g/mol. The zero-order chi connectivity index (χ0) is 26.9. The average molecular weight is 521 g/mol. The Morgan fingerprint density at radius 2 is 1.53 bits per heavy atom. The van der Waals surface area contributed by atoms with E-state index in [2.05, 4.69) is 20.6 Å². The maximum absolute atomic E-state index is 13.0. The van der Waals surface area contributed by atoms with Gasteiger partial charge in [-0.3, -0.25) is 9.59 Å². The second-order valence-corrected chi connectivity index (χ2v) is 9.67. The topological polar surface area (TPSA) is 86.9 Å². The van der Waals surface area contributed by atoms with Crippen molar-refractivity contribution in [2.24, 2.45) is 5.92 Å². The van der Waals surface area contributed by atoms with Gasteiger partial charge < -0.3 is 15.6 Å². The molecule has 9 heteroatoms. The molecule has 3 aromatic carbocycles. The molecule has 0 saturated heterocycles. The summed E-state index contributed by atoms with van der Waals surface area (Å²) in [6, 6.07) is 17.7. The molecule has 1 fully saturated rings. The van der Waals surface area contributed by atoms with Gasteiger partial charge in [-0.1, -0.05) is 49.2 Å². The number of fused-ring (bicyclic) bond motifs is 1. The Hall–Kier alpha value is -4.14. The maximum atomic E-state index is 13.0. The number of rotatable bonds is 6. The number of imidazole rings is 1. The molecule has 5 rings (SSSR count). The van der Waals surface area contributed by atoms with Crippen molar-refractivity contribution < 1.29 is 22.8 Å². The lowest BCUT2D eigenvalue weighted by Crippen LogP contribution is -2.43. The Morgan fingerprint density at radius 3 is 2.16 bits per heavy atom. The first-order valence-electron chi connectivity index (χ1n) is 12.6. The van der Waals surface area contributed by atoms with E-state index in [0.717, 1.165) is 54.5 Å². The zero-order valence-corrected chi connectivity index (χ0v) is 20.7. The highest BCUT2D eigenvalue weighted by Gasteiger charge is 2.31. The Kier molecular flexibility index (Phi) is 6.93. The van der Waals surface area contributed by atoms with Crippen LogP contribution in [0.25, 0.3) is 33.5 Å². The lowest BCUT2D eigenvalue weighted by molar-refractivity contribution is -0.137. The molecule has 2 amide bonds. The number of carbonyl (C=O) groups excluding carboxylic acids is 2. The van der Waals surface area contributed by atoms with Crippen LogP contribution in [0.3, 0.4) is 0 Å². The minimum absolute atomic E-state index is 0.00464. The standard InChI is InChI=1S/C29H27F3N4O2/c1-17(33-28(38)21-4-2-3-5-21)27(37)34-23-13-10-19(11-14-23)18-6-8-20(9-7-18)26-35-24-15-12-22(29(30,31)32)16-25(24)36-26/h6-17,21H,2-5H2,1H3,(H,33,38)(H,34,37)(H,35,36)/t17-/m0/s1. The predicted molar refractivity (Wildman–Crippen MR) is 140 cm³/mol. The van der Waals surface area contributed by atoms with Crippen LogP contribution >= 0.6 is 0 Å². The van der Waals surface area contributed by atoms with E-state index >= 15 is 0 Å². The molecule has 1 atom stereocenters. The van der Waals surface area contributed by atoms with Crippen LogP contribution in [0.4, 0.5) is 18.9 Å². The van der Waals surface area contributed by atoms with Crippen LogP contribution in [0.1, 0.15) is 38.2 Å². The molecule has 0 unspecified atom stereocenters. The fraction of sp³-hybridized carbons (Fsp3) is 0.276. The molecule has 38 heavy (non-hydrogen) atoms. The first-order valence-corrected chi connectivity index (χ1v) is 12.6. The number of aromatic amines is 1. The number of alkyl halides is 3. The van der Waals surface area contributed by atoms with Crippen molar-refractivity contribution in [3.8, 4) is 22.5 Å². The van der Waals surface area contributed by atoms with Gasteiger partial charge >= 0.3 is 6.18 Å². The van der Waals surface area contributed by atoms with E-state index in [4.69, 9.17) is 0 Å². The van der Waals surface area contributed by atoms with Crippen LogP contribution in [0.5, 0.6) is 0 Å². The molecule has 0 bridgehead atoms. The molecule has 1 saturated carbocycles. The van der Waals surface area contributed by atoms with Crippen molar-refractivity contribution in [1.29, 1.82) is 0 Å². The van der Waals surface area contributed by atoms with Gasteiger partial charge in [0, 0.05) is 17.2 Å². The Labute approximate surface area is 217 Å². The van der Waals surface area contributed by atoms with E-state index in [1.54, 1.807) is 19.1 Å². The number of amides is 2. The molecule has 6 nitrogen and oxygen atoms in total. The number of halogens is 3. The molecule has 4 aromatic rings. The summed E-state index contributed by atoms with van der Waals surface area (Å²) in [6.45, 7) is 1.68. The van der Waals surface area contributed by atoms with Gasteiger partial charge in [0.15, 0.2) is 0 Å². The van der Waals surface area contributed by atoms with Crippen LogP contribution in [-0.2, 0) is 15.8 Å². The van der Waals surface area contributed by atoms with Crippen LogP contribution in [0.15, 0.2) is 66.7 Å². The number of nitrogens with one attached hydrogen (secondary N) is 3. The predicted octanol–water partition coefficient (Wildman–Crippen LogP) is 6.55. The summed E-state index contributed by atoms with van der Waals surface area (Å²) in [6.07, 6.45) is -0.546. The van der Waals surface area contributed by atoms with Gasteiger partial charge in [0.05, 0.1) is 16.6 Å². The number of hydrogen-bond donors (Lipinski definition) is 3. The zero-order valence-electron chi connectivity index (χ0n) is 20.7. The SMILES string of the molecule is C[C@H](NC(=O)C1CCCC1)C(=O)Nc1ccc(-c2ccc(-c3nc4ccc(C(F)(F)F)cc4[nH]3)cc2)cc1. The first-order chi connectivity index (χ1) is 18.2. The van der Waals surface area contributed by atoms with Crippen LogP contribution < -0.4 is 10.6 Å². The minimum Gasteiger partial charge on any atom is -0.344 e. The molecule has 1 heterocycles. The minimum atomic E-state index is -4.41. The molecule has 0 spiro atoms. The summed E-state index contributed by atoms with van der Waals surface area (Å²) < 4.78 is 39.0. The normalized spacial score (nSPS) is 14.9. The Bertz CT molecular complexity index is 1450. The summed E-state index contributed by atoms with van der Waals surface area (Å²) in [4.78, 5) is 32.2. The number of benzene rings is 3.